The van der Waals surface area contributed by atoms with Crippen LogP contribution in [-0.4, -0.2) is 64.1 Å². The maximum atomic E-state index is 15.9. The predicted molar refractivity (Wildman–Crippen MR) is 73.2 cm³/mol. The van der Waals surface area contributed by atoms with Crippen molar-refractivity contribution in [3.8, 4) is 0 Å². The van der Waals surface area contributed by atoms with E-state index < -0.39 is 98.8 Å². The summed E-state index contributed by atoms with van der Waals surface area (Å²) in [6.07, 6.45) is 0. The van der Waals surface area contributed by atoms with Crippen molar-refractivity contribution in [1.82, 2.24) is 0 Å². The van der Waals surface area contributed by atoms with Crippen LogP contribution in [0.15, 0.2) is 22.8 Å². The third-order valence-electron chi connectivity index (χ3n) is 7.84. The molecule has 0 aromatic heterocycles. The molecule has 6 atom stereocenters. The van der Waals surface area contributed by atoms with Crippen molar-refractivity contribution in [2.24, 2.45) is 11.8 Å². The molecule has 0 N–H and O–H groups in total. The minimum atomic E-state index is -7.64. The van der Waals surface area contributed by atoms with Gasteiger partial charge in [-0.15, -0.1) is 0 Å². The van der Waals surface area contributed by atoms with Crippen LogP contribution in [0.5, 0.6) is 0 Å². The van der Waals surface area contributed by atoms with E-state index in [-0.39, 0.29) is 0 Å². The molecule has 0 aromatic rings. The standard InChI is InChI=1S/C17H2F20/c18-5-6(19)10(23)2-1(9(5,22)15(32,33)16(10,34)35)7(20)3-4(8(2,21)14(30,31)13(7,28)29)12(26,27)17(36,37)11(3,24)25/h3-4H. The Morgan fingerprint density at radius 3 is 0.838 bits per heavy atom. The van der Waals surface area contributed by atoms with Crippen molar-refractivity contribution in [3.05, 3.63) is 22.8 Å². The Morgan fingerprint density at radius 2 is 0.595 bits per heavy atom. The van der Waals surface area contributed by atoms with Gasteiger partial charge in [0.2, 0.25) is 11.3 Å². The summed E-state index contributed by atoms with van der Waals surface area (Å²) in [6.45, 7) is 0. The molecule has 4 bridgehead atoms. The van der Waals surface area contributed by atoms with E-state index in [9.17, 15) is 70.2 Å². The number of halogens is 20. The Labute approximate surface area is 187 Å². The van der Waals surface area contributed by atoms with E-state index in [0.717, 1.165) is 0 Å². The van der Waals surface area contributed by atoms with Crippen LogP contribution in [0.4, 0.5) is 87.8 Å². The fraction of sp³-hybridized carbons (Fsp3) is 0.765. The molecule has 0 spiro atoms. The second-order valence-electron chi connectivity index (χ2n) is 9.19. The first kappa shape index (κ1) is 26.7. The summed E-state index contributed by atoms with van der Waals surface area (Å²) < 4.78 is 293. The second-order valence-corrected chi connectivity index (χ2v) is 9.19. The van der Waals surface area contributed by atoms with E-state index in [2.05, 4.69) is 0 Å². The van der Waals surface area contributed by atoms with Gasteiger partial charge in [0.1, 0.15) is 0 Å². The van der Waals surface area contributed by atoms with Gasteiger partial charge in [0.25, 0.3) is 11.3 Å². The van der Waals surface area contributed by atoms with Crippen LogP contribution in [0, 0.1) is 11.8 Å². The predicted octanol–water partition coefficient (Wildman–Crippen LogP) is 7.01. The molecule has 210 valence electrons. The van der Waals surface area contributed by atoms with Crippen molar-refractivity contribution >= 4 is 0 Å². The third kappa shape index (κ3) is 1.74. The van der Waals surface area contributed by atoms with Crippen molar-refractivity contribution in [1.29, 1.82) is 0 Å². The highest BCUT2D eigenvalue weighted by molar-refractivity contribution is 5.70. The fourth-order valence-electron chi connectivity index (χ4n) is 6.22. The molecule has 0 nitrogen and oxygen atoms in total. The summed E-state index contributed by atoms with van der Waals surface area (Å²) in [5.41, 5.74) is -37.5. The SMILES string of the molecule is FC1=C(F)C2(F)C3=C(C1(F)C(F)(F)C2(F)F)C1(F)C2C(C(F)(F)C(F)(F)C2(F)F)C3(F)C(F)(F)C1(F)F. The Morgan fingerprint density at radius 1 is 0.351 bits per heavy atom. The lowest BCUT2D eigenvalue weighted by Gasteiger charge is -2.67. The zero-order valence-corrected chi connectivity index (χ0v) is 16.2. The van der Waals surface area contributed by atoms with Gasteiger partial charge in [-0.2, -0.15) is 61.5 Å². The molecule has 0 aromatic carbocycles. The summed E-state index contributed by atoms with van der Waals surface area (Å²) in [6, 6.07) is 0. The van der Waals surface area contributed by atoms with Gasteiger partial charge in [0.15, 0.2) is 11.7 Å². The molecule has 0 aliphatic heterocycles. The van der Waals surface area contributed by atoms with Gasteiger partial charge in [-0.3, -0.25) is 0 Å². The first-order chi connectivity index (χ1) is 16.0. The van der Waals surface area contributed by atoms with E-state index in [1.165, 1.54) is 0 Å². The van der Waals surface area contributed by atoms with Gasteiger partial charge < -0.3 is 0 Å². The number of rotatable bonds is 0. The molecular formula is C17H2F20. The highest BCUT2D eigenvalue weighted by atomic mass is 19.4. The summed E-state index contributed by atoms with van der Waals surface area (Å²) in [4.78, 5) is 0. The van der Waals surface area contributed by atoms with Crippen LogP contribution in [0.1, 0.15) is 0 Å². The minimum Gasteiger partial charge on any atom is -0.231 e. The number of hydrogen-bond donors (Lipinski definition) is 0. The monoisotopic (exact) mass is 586 g/mol. The molecular weight excluding hydrogens is 584 g/mol. The average molecular weight is 586 g/mol. The molecule has 6 unspecified atom stereocenters. The second kappa shape index (κ2) is 5.54. The van der Waals surface area contributed by atoms with Crippen LogP contribution < -0.4 is 0 Å². The highest BCUT2D eigenvalue weighted by Gasteiger charge is 3.08. The van der Waals surface area contributed by atoms with E-state index in [4.69, 9.17) is 0 Å². The quantitative estimate of drug-likeness (QED) is 0.212. The maximum Gasteiger partial charge on any atom is 0.372 e. The Bertz CT molecular complexity index is 1140. The summed E-state index contributed by atoms with van der Waals surface area (Å²) >= 11 is 0. The van der Waals surface area contributed by atoms with Crippen LogP contribution in [0.3, 0.4) is 0 Å². The molecule has 0 radical (unpaired) electrons. The molecule has 0 amide bonds. The number of fused-ring (bicyclic) bond motifs is 2. The first-order valence-corrected chi connectivity index (χ1v) is 9.27. The lowest BCUT2D eigenvalue weighted by Crippen LogP contribution is -2.89. The largest absolute Gasteiger partial charge is 0.372 e. The van der Waals surface area contributed by atoms with Crippen molar-refractivity contribution in [3.63, 3.8) is 0 Å². The Kier molecular flexibility index (Phi) is 3.99. The Hall–Kier alpha value is -1.92. The van der Waals surface area contributed by atoms with Gasteiger partial charge in [0.05, 0.1) is 11.8 Å². The normalized spacial score (nSPS) is 50.3. The van der Waals surface area contributed by atoms with Gasteiger partial charge in [-0.25, -0.2) is 26.3 Å². The number of allylic oxidation sites excluding steroid dienone is 4. The smallest absolute Gasteiger partial charge is 0.231 e. The fourth-order valence-corrected chi connectivity index (χ4v) is 6.22. The van der Waals surface area contributed by atoms with Gasteiger partial charge in [-0.1, -0.05) is 0 Å². The van der Waals surface area contributed by atoms with Gasteiger partial charge >= 0.3 is 41.5 Å². The van der Waals surface area contributed by atoms with Gasteiger partial charge in [-0.05, 0) is 0 Å². The van der Waals surface area contributed by atoms with Gasteiger partial charge in [0, 0.05) is 11.1 Å². The number of hydrogen-bond acceptors (Lipinski definition) is 0. The zero-order chi connectivity index (χ0) is 29.0. The van der Waals surface area contributed by atoms with E-state index >= 15 is 17.6 Å². The van der Waals surface area contributed by atoms with Crippen LogP contribution in [0.25, 0.3) is 0 Å². The molecule has 37 heavy (non-hydrogen) atoms. The van der Waals surface area contributed by atoms with Crippen molar-refractivity contribution < 1.29 is 87.8 Å². The lowest BCUT2D eigenvalue weighted by atomic mass is 9.41. The molecule has 2 fully saturated rings. The molecule has 2 saturated carbocycles. The lowest BCUT2D eigenvalue weighted by molar-refractivity contribution is -0.406. The van der Waals surface area contributed by atoms with Crippen LogP contribution >= 0.6 is 0 Å². The molecule has 7 rings (SSSR count). The van der Waals surface area contributed by atoms with Crippen LogP contribution in [-0.2, 0) is 0 Å². The third-order valence-corrected chi connectivity index (χ3v) is 7.84. The van der Waals surface area contributed by atoms with E-state index in [1.54, 1.807) is 0 Å². The molecule has 7 aliphatic carbocycles. The zero-order valence-electron chi connectivity index (χ0n) is 16.2. The van der Waals surface area contributed by atoms with E-state index in [1.807, 2.05) is 0 Å². The van der Waals surface area contributed by atoms with E-state index in [0.29, 0.717) is 0 Å². The first-order valence-electron chi connectivity index (χ1n) is 9.27. The topological polar surface area (TPSA) is 0 Å². The average Bonchev–Trinajstić information content (AvgIpc) is 2.84. The van der Waals surface area contributed by atoms with Crippen molar-refractivity contribution in [2.75, 3.05) is 0 Å². The van der Waals surface area contributed by atoms with Crippen LogP contribution in [0.2, 0.25) is 0 Å². The minimum absolute atomic E-state index is 4.37. The molecule has 20 heteroatoms. The summed E-state index contributed by atoms with van der Waals surface area (Å²) in [5, 5.41) is 0. The summed E-state index contributed by atoms with van der Waals surface area (Å²) in [5.74, 6) is -72.2. The molecule has 7 aliphatic rings. The molecule has 0 saturated heterocycles. The summed E-state index contributed by atoms with van der Waals surface area (Å²) in [7, 11) is 0. The number of alkyl halides is 18. The highest BCUT2D eigenvalue weighted by Crippen LogP contribution is 2.87. The van der Waals surface area contributed by atoms with Crippen molar-refractivity contribution in [2.45, 2.75) is 64.1 Å². The Balaban J connectivity index is 2.11. The molecule has 0 heterocycles. The maximum absolute atomic E-state index is 15.9.